The molecule has 176 valence electrons. The van der Waals surface area contributed by atoms with Crippen molar-refractivity contribution < 1.29 is 27.4 Å². The first-order chi connectivity index (χ1) is 16.4. The third-order valence-electron chi connectivity index (χ3n) is 5.45. The minimum atomic E-state index is -4.46. The summed E-state index contributed by atoms with van der Waals surface area (Å²) in [5.74, 6) is 1.23. The van der Waals surface area contributed by atoms with Crippen LogP contribution in [0.4, 0.5) is 19.0 Å². The molecular weight excluding hydrogens is 451 g/mol. The number of alkyl halides is 3. The summed E-state index contributed by atoms with van der Waals surface area (Å²) < 4.78 is 54.1. The Bertz CT molecular complexity index is 1330. The van der Waals surface area contributed by atoms with Crippen LogP contribution in [0.5, 0.6) is 17.4 Å². The van der Waals surface area contributed by atoms with Crippen molar-refractivity contribution in [3.8, 4) is 17.4 Å². The van der Waals surface area contributed by atoms with Crippen LogP contribution in [-0.4, -0.2) is 59.0 Å². The SMILES string of the molecule is COc1cc2c(N3CC[C@@H](Oc4cnc5ccccc5n4)C3)ncnc2cc1OCC(F)(F)F. The van der Waals surface area contributed by atoms with E-state index in [0.29, 0.717) is 35.7 Å². The van der Waals surface area contributed by atoms with Gasteiger partial charge >= 0.3 is 6.18 Å². The van der Waals surface area contributed by atoms with E-state index in [2.05, 4.69) is 19.9 Å². The zero-order valence-corrected chi connectivity index (χ0v) is 18.1. The molecule has 1 aliphatic heterocycles. The van der Waals surface area contributed by atoms with Gasteiger partial charge < -0.3 is 19.1 Å². The van der Waals surface area contributed by atoms with Crippen LogP contribution in [0, 0.1) is 0 Å². The van der Waals surface area contributed by atoms with Gasteiger partial charge in [0.1, 0.15) is 18.2 Å². The lowest BCUT2D eigenvalue weighted by Gasteiger charge is -2.20. The van der Waals surface area contributed by atoms with Gasteiger partial charge in [-0.1, -0.05) is 12.1 Å². The fourth-order valence-electron chi connectivity index (χ4n) is 3.92. The Morgan fingerprint density at radius 2 is 1.85 bits per heavy atom. The standard InChI is InChI=1S/C23H20F3N5O3/c1-32-19-8-15-18(9-20(19)33-12-23(24,25)26)28-13-29-22(15)31-7-6-14(11-31)34-21-10-27-16-4-2-3-5-17(16)30-21/h2-5,8-10,13-14H,6-7,11-12H2,1H3/t14-/m1/s1. The van der Waals surface area contributed by atoms with Crippen LogP contribution in [0.2, 0.25) is 0 Å². The van der Waals surface area contributed by atoms with Gasteiger partial charge in [-0.2, -0.15) is 13.2 Å². The zero-order valence-electron chi connectivity index (χ0n) is 18.1. The first kappa shape index (κ1) is 21.9. The molecule has 3 heterocycles. The molecule has 8 nitrogen and oxygen atoms in total. The number of para-hydroxylation sites is 2. The van der Waals surface area contributed by atoms with Gasteiger partial charge in [0.05, 0.1) is 36.4 Å². The fraction of sp³-hybridized carbons (Fsp3) is 0.304. The first-order valence-electron chi connectivity index (χ1n) is 10.6. The van der Waals surface area contributed by atoms with E-state index in [1.165, 1.54) is 19.5 Å². The summed E-state index contributed by atoms with van der Waals surface area (Å²) in [4.78, 5) is 19.6. The Labute approximate surface area is 192 Å². The molecule has 0 spiro atoms. The number of methoxy groups -OCH3 is 1. The van der Waals surface area contributed by atoms with E-state index in [1.54, 1.807) is 12.3 Å². The number of fused-ring (bicyclic) bond motifs is 2. The summed E-state index contributed by atoms with van der Waals surface area (Å²) in [6, 6.07) is 10.6. The van der Waals surface area contributed by atoms with E-state index in [4.69, 9.17) is 14.2 Å². The van der Waals surface area contributed by atoms with Gasteiger partial charge in [-0.25, -0.2) is 19.9 Å². The molecule has 5 rings (SSSR count). The zero-order chi connectivity index (χ0) is 23.7. The van der Waals surface area contributed by atoms with Crippen LogP contribution >= 0.6 is 0 Å². The van der Waals surface area contributed by atoms with Crippen molar-refractivity contribution in [1.82, 2.24) is 19.9 Å². The van der Waals surface area contributed by atoms with Crippen molar-refractivity contribution in [3.63, 3.8) is 0 Å². The molecule has 34 heavy (non-hydrogen) atoms. The van der Waals surface area contributed by atoms with E-state index in [9.17, 15) is 13.2 Å². The summed E-state index contributed by atoms with van der Waals surface area (Å²) in [7, 11) is 1.37. The number of ether oxygens (including phenoxy) is 3. The topological polar surface area (TPSA) is 82.5 Å². The molecule has 4 aromatic rings. The molecule has 0 bridgehead atoms. The Morgan fingerprint density at radius 1 is 1.03 bits per heavy atom. The number of halogens is 3. The molecule has 0 radical (unpaired) electrons. The van der Waals surface area contributed by atoms with E-state index in [0.717, 1.165) is 17.5 Å². The molecule has 1 aliphatic rings. The van der Waals surface area contributed by atoms with Gasteiger partial charge in [-0.05, 0) is 18.2 Å². The van der Waals surface area contributed by atoms with Gasteiger partial charge in [0.15, 0.2) is 18.1 Å². The van der Waals surface area contributed by atoms with Crippen molar-refractivity contribution in [3.05, 3.63) is 48.9 Å². The fourth-order valence-corrected chi connectivity index (χ4v) is 3.92. The van der Waals surface area contributed by atoms with Gasteiger partial charge in [0.2, 0.25) is 5.88 Å². The lowest BCUT2D eigenvalue weighted by molar-refractivity contribution is -0.153. The largest absolute Gasteiger partial charge is 0.493 e. The second-order valence-electron chi connectivity index (χ2n) is 7.79. The summed E-state index contributed by atoms with van der Waals surface area (Å²) in [6.45, 7) is -0.197. The molecule has 2 aromatic carbocycles. The maximum absolute atomic E-state index is 12.6. The predicted molar refractivity (Wildman–Crippen MR) is 118 cm³/mol. The normalized spacial score (nSPS) is 16.2. The quantitative estimate of drug-likeness (QED) is 0.414. The van der Waals surface area contributed by atoms with E-state index < -0.39 is 12.8 Å². The molecule has 0 amide bonds. The number of nitrogens with zero attached hydrogens (tertiary/aromatic N) is 5. The van der Waals surface area contributed by atoms with Crippen molar-refractivity contribution >= 4 is 27.8 Å². The molecule has 0 saturated carbocycles. The highest BCUT2D eigenvalue weighted by Crippen LogP contribution is 2.36. The Hall–Kier alpha value is -3.89. The second-order valence-corrected chi connectivity index (χ2v) is 7.79. The lowest BCUT2D eigenvalue weighted by Crippen LogP contribution is -2.25. The van der Waals surface area contributed by atoms with Gasteiger partial charge in [0.25, 0.3) is 0 Å². The number of hydrogen-bond acceptors (Lipinski definition) is 8. The minimum Gasteiger partial charge on any atom is -0.493 e. The molecule has 0 N–H and O–H groups in total. The Balaban J connectivity index is 1.36. The summed E-state index contributed by atoms with van der Waals surface area (Å²) >= 11 is 0. The summed E-state index contributed by atoms with van der Waals surface area (Å²) in [6.07, 6.45) is -0.864. The molecule has 2 aromatic heterocycles. The van der Waals surface area contributed by atoms with Crippen LogP contribution in [0.15, 0.2) is 48.9 Å². The molecule has 0 unspecified atom stereocenters. The van der Waals surface area contributed by atoms with E-state index >= 15 is 0 Å². The Morgan fingerprint density at radius 3 is 2.65 bits per heavy atom. The molecule has 1 saturated heterocycles. The monoisotopic (exact) mass is 471 g/mol. The summed E-state index contributed by atoms with van der Waals surface area (Å²) in [5.41, 5.74) is 2.00. The maximum atomic E-state index is 12.6. The molecule has 0 aliphatic carbocycles. The Kier molecular flexibility index (Phi) is 5.68. The number of hydrogen-bond donors (Lipinski definition) is 0. The molecular formula is C23H20F3N5O3. The van der Waals surface area contributed by atoms with Crippen molar-refractivity contribution in [2.24, 2.45) is 0 Å². The van der Waals surface area contributed by atoms with Crippen LogP contribution in [0.25, 0.3) is 21.9 Å². The van der Waals surface area contributed by atoms with Crippen molar-refractivity contribution in [2.45, 2.75) is 18.7 Å². The third-order valence-corrected chi connectivity index (χ3v) is 5.45. The van der Waals surface area contributed by atoms with Crippen LogP contribution in [0.3, 0.4) is 0 Å². The predicted octanol–water partition coefficient (Wildman–Crippen LogP) is 4.18. The molecule has 11 heteroatoms. The summed E-state index contributed by atoms with van der Waals surface area (Å²) in [5, 5.41) is 0.643. The van der Waals surface area contributed by atoms with Crippen molar-refractivity contribution in [2.75, 3.05) is 31.7 Å². The molecule has 1 atom stereocenters. The van der Waals surface area contributed by atoms with Gasteiger partial charge in [-0.15, -0.1) is 0 Å². The lowest BCUT2D eigenvalue weighted by atomic mass is 10.2. The smallest absolute Gasteiger partial charge is 0.422 e. The van der Waals surface area contributed by atoms with Gasteiger partial charge in [0, 0.05) is 24.4 Å². The first-order valence-corrected chi connectivity index (χ1v) is 10.6. The maximum Gasteiger partial charge on any atom is 0.422 e. The second kappa shape index (κ2) is 8.81. The number of benzene rings is 2. The highest BCUT2D eigenvalue weighted by Gasteiger charge is 2.30. The van der Waals surface area contributed by atoms with E-state index in [1.807, 2.05) is 29.2 Å². The van der Waals surface area contributed by atoms with E-state index in [-0.39, 0.29) is 17.6 Å². The highest BCUT2D eigenvalue weighted by atomic mass is 19.4. The van der Waals surface area contributed by atoms with Crippen molar-refractivity contribution in [1.29, 1.82) is 0 Å². The minimum absolute atomic E-state index is 0.0329. The molecule has 1 fully saturated rings. The number of anilines is 1. The van der Waals surface area contributed by atoms with Crippen LogP contribution in [0.1, 0.15) is 6.42 Å². The number of aromatic nitrogens is 4. The van der Waals surface area contributed by atoms with Crippen LogP contribution < -0.4 is 19.1 Å². The average molecular weight is 471 g/mol. The van der Waals surface area contributed by atoms with Gasteiger partial charge in [-0.3, -0.25) is 0 Å². The third kappa shape index (κ3) is 4.59. The highest BCUT2D eigenvalue weighted by molar-refractivity contribution is 5.92. The number of rotatable bonds is 6. The van der Waals surface area contributed by atoms with Crippen LogP contribution in [-0.2, 0) is 0 Å². The average Bonchev–Trinajstić information content (AvgIpc) is 3.29.